The van der Waals surface area contributed by atoms with Crippen molar-refractivity contribution in [3.63, 3.8) is 0 Å². The highest BCUT2D eigenvalue weighted by Crippen LogP contribution is 2.24. The minimum absolute atomic E-state index is 0.452. The maximum Gasteiger partial charge on any atom is 0.158 e. The molecule has 90 valence electrons. The van der Waals surface area contributed by atoms with Crippen LogP contribution in [0.15, 0.2) is 29.8 Å². The van der Waals surface area contributed by atoms with Gasteiger partial charge in [-0.15, -0.1) is 11.3 Å². The fourth-order valence-electron chi connectivity index (χ4n) is 1.66. The molecule has 3 rings (SSSR count). The third kappa shape index (κ3) is 2.14. The van der Waals surface area contributed by atoms with Crippen molar-refractivity contribution in [3.8, 4) is 0 Å². The lowest BCUT2D eigenvalue weighted by atomic mass is 10.2. The molecule has 0 aliphatic carbocycles. The molecular weight excluding hydrogens is 268 g/mol. The quantitative estimate of drug-likeness (QED) is 0.724. The number of nitrogens with one attached hydrogen (secondary N) is 1. The molecule has 0 aliphatic rings. The number of anilines is 2. The fraction of sp³-hybridized carbons (Fsp3) is 0.0833. The maximum atomic E-state index is 5.92. The Bertz CT molecular complexity index is 710. The van der Waals surface area contributed by atoms with Crippen LogP contribution in [0.2, 0.25) is 5.15 Å². The van der Waals surface area contributed by atoms with Crippen molar-refractivity contribution in [3.05, 3.63) is 39.9 Å². The van der Waals surface area contributed by atoms with Gasteiger partial charge in [0.2, 0.25) is 0 Å². The Morgan fingerprint density at radius 1 is 1.22 bits per heavy atom. The zero-order valence-electron chi connectivity index (χ0n) is 9.51. The van der Waals surface area contributed by atoms with Crippen LogP contribution < -0.4 is 5.32 Å². The molecule has 3 heterocycles. The summed E-state index contributed by atoms with van der Waals surface area (Å²) in [4.78, 5) is 12.9. The van der Waals surface area contributed by atoms with Gasteiger partial charge in [0.1, 0.15) is 16.5 Å². The zero-order valence-corrected chi connectivity index (χ0v) is 11.1. The topological polar surface area (TPSA) is 50.7 Å². The lowest BCUT2D eigenvalue weighted by molar-refractivity contribution is 1.24. The molecule has 18 heavy (non-hydrogen) atoms. The van der Waals surface area contributed by atoms with Crippen LogP contribution in [0.1, 0.15) is 5.01 Å². The van der Waals surface area contributed by atoms with Crippen LogP contribution in [0.5, 0.6) is 0 Å². The average Bonchev–Trinajstić information content (AvgIpc) is 2.76. The van der Waals surface area contributed by atoms with Gasteiger partial charge >= 0.3 is 0 Å². The first-order valence-electron chi connectivity index (χ1n) is 5.33. The van der Waals surface area contributed by atoms with Gasteiger partial charge < -0.3 is 5.32 Å². The number of hydrogen-bond donors (Lipinski definition) is 1. The first kappa shape index (κ1) is 11.4. The van der Waals surface area contributed by atoms with E-state index in [1.165, 1.54) is 0 Å². The first-order valence-corrected chi connectivity index (χ1v) is 6.58. The van der Waals surface area contributed by atoms with E-state index in [2.05, 4.69) is 20.3 Å². The highest BCUT2D eigenvalue weighted by atomic mass is 35.5. The average molecular weight is 277 g/mol. The predicted molar refractivity (Wildman–Crippen MR) is 74.7 cm³/mol. The highest BCUT2D eigenvalue weighted by Gasteiger charge is 2.06. The summed E-state index contributed by atoms with van der Waals surface area (Å²) < 4.78 is 0. The van der Waals surface area contributed by atoms with E-state index in [-0.39, 0.29) is 0 Å². The molecule has 0 bridgehead atoms. The van der Waals surface area contributed by atoms with E-state index in [1.54, 1.807) is 23.6 Å². The van der Waals surface area contributed by atoms with Crippen LogP contribution in [-0.4, -0.2) is 15.0 Å². The second kappa shape index (κ2) is 4.51. The van der Waals surface area contributed by atoms with Gasteiger partial charge in [-0.3, -0.25) is 0 Å². The molecule has 0 radical (unpaired) electrons. The van der Waals surface area contributed by atoms with Gasteiger partial charge in [0.25, 0.3) is 0 Å². The van der Waals surface area contributed by atoms with Crippen molar-refractivity contribution in [1.29, 1.82) is 0 Å². The molecule has 0 unspecified atom stereocenters. The van der Waals surface area contributed by atoms with Crippen molar-refractivity contribution in [2.45, 2.75) is 6.92 Å². The van der Waals surface area contributed by atoms with Crippen molar-refractivity contribution in [2.75, 3.05) is 5.32 Å². The van der Waals surface area contributed by atoms with E-state index in [0.29, 0.717) is 11.0 Å². The summed E-state index contributed by atoms with van der Waals surface area (Å²) in [6.07, 6.45) is 1.74. The second-order valence-electron chi connectivity index (χ2n) is 3.74. The molecule has 4 nitrogen and oxygen atoms in total. The number of rotatable bonds is 2. The van der Waals surface area contributed by atoms with E-state index in [9.17, 15) is 0 Å². The van der Waals surface area contributed by atoms with Crippen LogP contribution in [0.25, 0.3) is 10.9 Å². The summed E-state index contributed by atoms with van der Waals surface area (Å²) in [5, 5.41) is 7.55. The van der Waals surface area contributed by atoms with Crippen LogP contribution >= 0.6 is 22.9 Å². The summed E-state index contributed by atoms with van der Waals surface area (Å²) in [7, 11) is 0. The van der Waals surface area contributed by atoms with Crippen LogP contribution in [0.4, 0.5) is 11.6 Å². The number of fused-ring (bicyclic) bond motifs is 1. The second-order valence-corrected chi connectivity index (χ2v) is 5.19. The minimum atomic E-state index is 0.452. The van der Waals surface area contributed by atoms with Gasteiger partial charge in [0.05, 0.1) is 5.01 Å². The van der Waals surface area contributed by atoms with E-state index in [1.807, 2.05) is 24.4 Å². The van der Waals surface area contributed by atoms with E-state index >= 15 is 0 Å². The van der Waals surface area contributed by atoms with Gasteiger partial charge in [0.15, 0.2) is 5.82 Å². The van der Waals surface area contributed by atoms with Gasteiger partial charge in [-0.1, -0.05) is 11.6 Å². The Morgan fingerprint density at radius 2 is 2.11 bits per heavy atom. The third-order valence-corrected chi connectivity index (χ3v) is 3.42. The SMILES string of the molecule is Cc1nc(Nc2nccc3ccc(Cl)nc23)cs1. The van der Waals surface area contributed by atoms with Crippen molar-refractivity contribution in [2.24, 2.45) is 0 Å². The molecule has 0 atom stereocenters. The molecule has 0 saturated heterocycles. The summed E-state index contributed by atoms with van der Waals surface area (Å²) >= 11 is 7.50. The standard InChI is InChI=1S/C12H9ClN4S/c1-7-15-10(6-18-7)17-12-11-8(4-5-14-12)2-3-9(13)16-11/h2-6H,1H3,(H,14,17). The van der Waals surface area contributed by atoms with Crippen molar-refractivity contribution >= 4 is 45.5 Å². The number of pyridine rings is 2. The molecule has 3 aromatic heterocycles. The maximum absolute atomic E-state index is 5.92. The Morgan fingerprint density at radius 3 is 2.89 bits per heavy atom. The van der Waals surface area contributed by atoms with Crippen LogP contribution in [0.3, 0.4) is 0 Å². The van der Waals surface area contributed by atoms with Crippen molar-refractivity contribution in [1.82, 2.24) is 15.0 Å². The summed E-state index contributed by atoms with van der Waals surface area (Å²) in [6, 6.07) is 5.58. The Hall–Kier alpha value is -1.72. The van der Waals surface area contributed by atoms with Crippen molar-refractivity contribution < 1.29 is 0 Å². The Balaban J connectivity index is 2.08. The fourth-order valence-corrected chi connectivity index (χ4v) is 2.35. The van der Waals surface area contributed by atoms with E-state index in [0.717, 1.165) is 21.7 Å². The minimum Gasteiger partial charge on any atom is -0.322 e. The molecule has 0 saturated carbocycles. The monoisotopic (exact) mass is 276 g/mol. The summed E-state index contributed by atoms with van der Waals surface area (Å²) in [5.41, 5.74) is 0.746. The van der Waals surface area contributed by atoms with Gasteiger partial charge in [-0.05, 0) is 25.1 Å². The summed E-state index contributed by atoms with van der Waals surface area (Å²) in [5.74, 6) is 1.44. The number of thiazole rings is 1. The van der Waals surface area contributed by atoms with Gasteiger partial charge in [-0.25, -0.2) is 15.0 Å². The zero-order chi connectivity index (χ0) is 12.5. The molecular formula is C12H9ClN4S. The molecule has 0 spiro atoms. The number of aromatic nitrogens is 3. The first-order chi connectivity index (χ1) is 8.72. The molecule has 0 amide bonds. The smallest absolute Gasteiger partial charge is 0.158 e. The summed E-state index contributed by atoms with van der Waals surface area (Å²) in [6.45, 7) is 1.96. The van der Waals surface area contributed by atoms with Crippen LogP contribution in [-0.2, 0) is 0 Å². The largest absolute Gasteiger partial charge is 0.322 e. The van der Waals surface area contributed by atoms with Gasteiger partial charge in [0, 0.05) is 17.0 Å². The number of hydrogen-bond acceptors (Lipinski definition) is 5. The number of nitrogens with zero attached hydrogens (tertiary/aromatic N) is 3. The number of aryl methyl sites for hydroxylation is 1. The van der Waals surface area contributed by atoms with E-state index in [4.69, 9.17) is 11.6 Å². The lowest BCUT2D eigenvalue weighted by Gasteiger charge is -2.05. The number of halogens is 1. The molecule has 0 aromatic carbocycles. The lowest BCUT2D eigenvalue weighted by Crippen LogP contribution is -1.96. The predicted octanol–water partition coefficient (Wildman–Crippen LogP) is 3.79. The van der Waals surface area contributed by atoms with E-state index < -0.39 is 0 Å². The highest BCUT2D eigenvalue weighted by molar-refractivity contribution is 7.09. The van der Waals surface area contributed by atoms with Gasteiger partial charge in [-0.2, -0.15) is 0 Å². The molecule has 6 heteroatoms. The van der Waals surface area contributed by atoms with Crippen LogP contribution in [0, 0.1) is 6.92 Å². The normalized spacial score (nSPS) is 10.8. The molecule has 3 aromatic rings. The molecule has 0 fully saturated rings. The molecule has 1 N–H and O–H groups in total. The Labute approximate surface area is 113 Å². The molecule has 0 aliphatic heterocycles. The third-order valence-electron chi connectivity index (χ3n) is 2.44. The Kier molecular flexibility index (Phi) is 2.85.